The Morgan fingerprint density at radius 2 is 2.10 bits per heavy atom. The maximum Gasteiger partial charge on any atom is 0.329 e. The summed E-state index contributed by atoms with van der Waals surface area (Å²) < 4.78 is 2.83. The van der Waals surface area contributed by atoms with Gasteiger partial charge in [0.05, 0.1) is 17.5 Å². The van der Waals surface area contributed by atoms with Crippen molar-refractivity contribution in [3.8, 4) is 0 Å². The number of hydrogen-bond acceptors (Lipinski definition) is 6. The number of carboxylic acids is 1. The van der Waals surface area contributed by atoms with E-state index in [4.69, 9.17) is 10.8 Å². The molecular formula is C19H21N5O5. The number of hydrogen-bond donors (Lipinski definition) is 3. The van der Waals surface area contributed by atoms with Crippen LogP contribution in [0.3, 0.4) is 0 Å². The molecule has 2 amide bonds. The van der Waals surface area contributed by atoms with Crippen molar-refractivity contribution in [2.45, 2.75) is 25.3 Å². The van der Waals surface area contributed by atoms with Crippen LogP contribution in [0, 0.1) is 0 Å². The van der Waals surface area contributed by atoms with Crippen molar-refractivity contribution in [1.29, 1.82) is 0 Å². The maximum absolute atomic E-state index is 12.8. The number of imide groups is 1. The number of benzene rings is 1. The molecule has 1 saturated heterocycles. The molecule has 1 aromatic heterocycles. The molecule has 0 radical (unpaired) electrons. The number of imidazole rings is 1. The molecule has 1 aromatic carbocycles. The number of fused-ring (bicyclic) bond motifs is 1. The zero-order valence-electron chi connectivity index (χ0n) is 15.8. The van der Waals surface area contributed by atoms with Gasteiger partial charge in [-0.2, -0.15) is 0 Å². The summed E-state index contributed by atoms with van der Waals surface area (Å²) in [6, 6.07) is 4.45. The molecule has 29 heavy (non-hydrogen) atoms. The lowest BCUT2D eigenvalue weighted by Gasteiger charge is -2.21. The molecule has 152 valence electrons. The van der Waals surface area contributed by atoms with E-state index in [1.807, 2.05) is 0 Å². The van der Waals surface area contributed by atoms with Gasteiger partial charge in [-0.05, 0) is 24.1 Å². The predicted molar refractivity (Wildman–Crippen MR) is 106 cm³/mol. The van der Waals surface area contributed by atoms with Crippen molar-refractivity contribution >= 4 is 40.6 Å². The topological polar surface area (TPSA) is 149 Å². The zero-order chi connectivity index (χ0) is 21.1. The fourth-order valence-electron chi connectivity index (χ4n) is 3.31. The average molecular weight is 399 g/mol. The van der Waals surface area contributed by atoms with Gasteiger partial charge in [0.1, 0.15) is 6.04 Å². The summed E-state index contributed by atoms with van der Waals surface area (Å²) in [5.74, 6) is -1.78. The molecule has 0 spiro atoms. The molecule has 4 N–H and O–H groups in total. The number of nitrogens with zero attached hydrogens (tertiary/aromatic N) is 3. The maximum atomic E-state index is 12.8. The molecule has 1 fully saturated rings. The number of nitrogens with two attached hydrogens (primary N) is 1. The van der Waals surface area contributed by atoms with Crippen LogP contribution in [-0.2, 0) is 21.4 Å². The van der Waals surface area contributed by atoms with Crippen molar-refractivity contribution in [3.05, 3.63) is 40.4 Å². The number of aryl methyl sites for hydroxylation is 1. The van der Waals surface area contributed by atoms with Gasteiger partial charge in [0.15, 0.2) is 0 Å². The highest BCUT2D eigenvalue weighted by Crippen LogP contribution is 2.25. The second-order valence-electron chi connectivity index (χ2n) is 6.68. The highest BCUT2D eigenvalue weighted by molar-refractivity contribution is 6.10. The summed E-state index contributed by atoms with van der Waals surface area (Å²) in [7, 11) is 1.60. The molecule has 3 rings (SSSR count). The number of carbonyl (C=O) groups excluding carboxylic acids is 2. The Morgan fingerprint density at radius 3 is 2.76 bits per heavy atom. The fourth-order valence-corrected chi connectivity index (χ4v) is 3.31. The van der Waals surface area contributed by atoms with Crippen LogP contribution in [0.25, 0.3) is 16.6 Å². The predicted octanol–water partition coefficient (Wildman–Crippen LogP) is 0.163. The fraction of sp³-hybridized carbons (Fsp3) is 0.316. The number of piperidine rings is 1. The van der Waals surface area contributed by atoms with E-state index in [2.05, 4.69) is 10.3 Å². The minimum Gasteiger partial charge on any atom is -0.481 e. The lowest BCUT2D eigenvalue weighted by Crippen LogP contribution is -2.44. The minimum absolute atomic E-state index is 0.0866. The van der Waals surface area contributed by atoms with Crippen molar-refractivity contribution < 1.29 is 19.5 Å². The van der Waals surface area contributed by atoms with Crippen LogP contribution in [0.15, 0.2) is 34.2 Å². The number of aromatic nitrogens is 2. The van der Waals surface area contributed by atoms with E-state index in [0.717, 1.165) is 0 Å². The van der Waals surface area contributed by atoms with E-state index in [-0.39, 0.29) is 37.4 Å². The SMILES string of the molecule is Cn1c(=O)n(C2CCC(=O)NC2=O)c2ccc(C(C=NCCC(=O)O)=CN)cc21. The molecule has 0 aliphatic carbocycles. The van der Waals surface area contributed by atoms with Gasteiger partial charge >= 0.3 is 11.7 Å². The Hall–Kier alpha value is -3.69. The lowest BCUT2D eigenvalue weighted by molar-refractivity contribution is -0.137. The van der Waals surface area contributed by atoms with Gasteiger partial charge < -0.3 is 10.8 Å². The van der Waals surface area contributed by atoms with Crippen molar-refractivity contribution in [2.75, 3.05) is 6.54 Å². The largest absolute Gasteiger partial charge is 0.481 e. The summed E-state index contributed by atoms with van der Waals surface area (Å²) in [6.45, 7) is 0.124. The Balaban J connectivity index is 1.98. The van der Waals surface area contributed by atoms with Crippen molar-refractivity contribution in [3.63, 3.8) is 0 Å². The van der Waals surface area contributed by atoms with Crippen LogP contribution >= 0.6 is 0 Å². The minimum atomic E-state index is -0.938. The normalized spacial score (nSPS) is 17.8. The summed E-state index contributed by atoms with van der Waals surface area (Å²) in [5.41, 5.74) is 7.74. The highest BCUT2D eigenvalue weighted by atomic mass is 16.4. The molecule has 10 nitrogen and oxygen atoms in total. The van der Waals surface area contributed by atoms with Gasteiger partial charge in [-0.25, -0.2) is 4.79 Å². The van der Waals surface area contributed by atoms with Crippen LogP contribution in [0.1, 0.15) is 30.9 Å². The third-order valence-electron chi connectivity index (χ3n) is 4.81. The molecule has 1 unspecified atom stereocenters. The summed E-state index contributed by atoms with van der Waals surface area (Å²) in [5, 5.41) is 10.9. The first kappa shape index (κ1) is 20.1. The standard InChI is InChI=1S/C19H21N5O5/c1-23-15-8-11(12(9-20)10-21-7-6-17(26)27)2-3-13(15)24(19(23)29)14-4-5-16(25)22-18(14)28/h2-3,8-10,14H,4-7,20H2,1H3,(H,26,27)(H,22,25,28). The first-order valence-corrected chi connectivity index (χ1v) is 9.02. The van der Waals surface area contributed by atoms with E-state index in [1.165, 1.54) is 21.5 Å². The lowest BCUT2D eigenvalue weighted by atomic mass is 10.0. The summed E-state index contributed by atoms with van der Waals surface area (Å²) in [6.07, 6.45) is 3.18. The number of aliphatic carboxylic acids is 1. The number of rotatable bonds is 6. The molecule has 2 heterocycles. The van der Waals surface area contributed by atoms with Gasteiger partial charge in [0.2, 0.25) is 11.8 Å². The van der Waals surface area contributed by atoms with E-state index in [9.17, 15) is 19.2 Å². The third kappa shape index (κ3) is 3.96. The average Bonchev–Trinajstić information content (AvgIpc) is 2.92. The number of aliphatic imine (C=N–C) groups is 1. The van der Waals surface area contributed by atoms with Crippen LogP contribution in [0.2, 0.25) is 0 Å². The second-order valence-corrected chi connectivity index (χ2v) is 6.68. The molecule has 10 heteroatoms. The van der Waals surface area contributed by atoms with E-state index < -0.39 is 17.9 Å². The number of amides is 2. The zero-order valence-corrected chi connectivity index (χ0v) is 15.8. The van der Waals surface area contributed by atoms with E-state index in [1.54, 1.807) is 25.2 Å². The van der Waals surface area contributed by atoms with Gasteiger partial charge in [0.25, 0.3) is 0 Å². The first-order valence-electron chi connectivity index (χ1n) is 9.02. The number of nitrogens with one attached hydrogen (secondary N) is 1. The number of carbonyl (C=O) groups is 3. The van der Waals surface area contributed by atoms with E-state index >= 15 is 0 Å². The molecule has 1 aliphatic rings. The second kappa shape index (κ2) is 8.13. The van der Waals surface area contributed by atoms with Crippen molar-refractivity contribution in [1.82, 2.24) is 14.5 Å². The van der Waals surface area contributed by atoms with Crippen LogP contribution in [-0.4, -0.2) is 44.8 Å². The van der Waals surface area contributed by atoms with Gasteiger partial charge in [0, 0.05) is 38.0 Å². The molecule has 1 atom stereocenters. The third-order valence-corrected chi connectivity index (χ3v) is 4.81. The highest BCUT2D eigenvalue weighted by Gasteiger charge is 2.31. The number of carboxylic acid groups (broad SMARTS) is 1. The van der Waals surface area contributed by atoms with Gasteiger partial charge in [-0.15, -0.1) is 0 Å². The monoisotopic (exact) mass is 399 g/mol. The van der Waals surface area contributed by atoms with Crippen LogP contribution < -0.4 is 16.7 Å². The van der Waals surface area contributed by atoms with Gasteiger partial charge in [-0.1, -0.05) is 6.07 Å². The van der Waals surface area contributed by atoms with Crippen LogP contribution in [0.4, 0.5) is 0 Å². The van der Waals surface area contributed by atoms with Crippen LogP contribution in [0.5, 0.6) is 0 Å². The Morgan fingerprint density at radius 1 is 1.34 bits per heavy atom. The van der Waals surface area contributed by atoms with Crippen molar-refractivity contribution in [2.24, 2.45) is 17.8 Å². The Kier molecular flexibility index (Phi) is 5.62. The van der Waals surface area contributed by atoms with E-state index in [0.29, 0.717) is 22.2 Å². The molecule has 0 bridgehead atoms. The summed E-state index contributed by atoms with van der Waals surface area (Å²) >= 11 is 0. The Bertz CT molecular complexity index is 1110. The molecular weight excluding hydrogens is 378 g/mol. The molecule has 0 saturated carbocycles. The summed E-state index contributed by atoms with van der Waals surface area (Å²) in [4.78, 5) is 51.1. The number of allylic oxidation sites excluding steroid dienone is 1. The first-order chi connectivity index (χ1) is 13.8. The van der Waals surface area contributed by atoms with Gasteiger partial charge in [-0.3, -0.25) is 33.8 Å². The quantitative estimate of drug-likeness (QED) is 0.465. The smallest absolute Gasteiger partial charge is 0.329 e. The Labute approximate surface area is 165 Å². The molecule has 1 aliphatic heterocycles. The molecule has 2 aromatic rings.